The minimum Gasteiger partial charge on any atom is -0.495 e. The molecule has 7 heteroatoms. The number of anilines is 1. The zero-order valence-corrected chi connectivity index (χ0v) is 21.9. The smallest absolute Gasteiger partial charge is 0.181 e. The monoisotopic (exact) mass is 524 g/mol. The van der Waals surface area contributed by atoms with Crippen LogP contribution in [0, 0.1) is 0 Å². The van der Waals surface area contributed by atoms with Crippen LogP contribution in [0.5, 0.6) is 5.75 Å². The lowest BCUT2D eigenvalue weighted by molar-refractivity contribution is 0.0777. The first kappa shape index (κ1) is 26.2. The van der Waals surface area contributed by atoms with Crippen LogP contribution in [0.3, 0.4) is 0 Å². The lowest BCUT2D eigenvalue weighted by Gasteiger charge is -2.37. The molecule has 0 radical (unpaired) electrons. The Morgan fingerprint density at radius 2 is 1.42 bits per heavy atom. The van der Waals surface area contributed by atoms with Gasteiger partial charge in [-0.05, 0) is 49.2 Å². The zero-order chi connectivity index (χ0) is 24.4. The first-order valence-corrected chi connectivity index (χ1v) is 12.5. The van der Waals surface area contributed by atoms with Gasteiger partial charge in [-0.3, -0.25) is 14.5 Å². The van der Waals surface area contributed by atoms with Gasteiger partial charge >= 0.3 is 0 Å². The number of nitrogens with zero attached hydrogens (tertiary/aromatic N) is 2. The molecule has 1 aliphatic heterocycles. The number of carbonyl (C=O) groups is 2. The highest BCUT2D eigenvalue weighted by molar-refractivity contribution is 6.33. The summed E-state index contributed by atoms with van der Waals surface area (Å²) in [7, 11) is 1.70. The fourth-order valence-corrected chi connectivity index (χ4v) is 5.61. The van der Waals surface area contributed by atoms with Crippen LogP contribution in [0.1, 0.15) is 39.1 Å². The molecule has 5 nitrogen and oxygen atoms in total. The first-order chi connectivity index (χ1) is 17.0. The third kappa shape index (κ3) is 4.63. The highest BCUT2D eigenvalue weighted by Gasteiger charge is 2.53. The molecule has 0 spiro atoms. The van der Waals surface area contributed by atoms with E-state index in [1.807, 2.05) is 42.5 Å². The van der Waals surface area contributed by atoms with Gasteiger partial charge in [0.25, 0.3) is 0 Å². The topological polar surface area (TPSA) is 49.9 Å². The van der Waals surface area contributed by atoms with Gasteiger partial charge in [0, 0.05) is 42.3 Å². The molecule has 188 valence electrons. The zero-order valence-electron chi connectivity index (χ0n) is 20.3. The summed E-state index contributed by atoms with van der Waals surface area (Å²) >= 11 is 6.12. The van der Waals surface area contributed by atoms with Crippen molar-refractivity contribution >= 4 is 41.3 Å². The molecule has 0 N–H and O–H groups in total. The van der Waals surface area contributed by atoms with E-state index < -0.39 is 5.41 Å². The van der Waals surface area contributed by atoms with Gasteiger partial charge in [0.1, 0.15) is 11.2 Å². The van der Waals surface area contributed by atoms with E-state index in [0.717, 1.165) is 56.1 Å². The number of Topliss-reactive ketones (excluding diaryl/α,β-unsaturated/α-hetero) is 2. The number of piperazine rings is 1. The molecule has 0 saturated carbocycles. The van der Waals surface area contributed by atoms with Crippen molar-refractivity contribution in [1.29, 1.82) is 0 Å². The van der Waals surface area contributed by atoms with E-state index in [9.17, 15) is 9.59 Å². The van der Waals surface area contributed by atoms with Crippen LogP contribution in [0.4, 0.5) is 5.69 Å². The number of hydrogen-bond acceptors (Lipinski definition) is 5. The minimum atomic E-state index is -1.17. The van der Waals surface area contributed by atoms with Crippen LogP contribution in [-0.2, 0) is 5.41 Å². The van der Waals surface area contributed by atoms with Crippen LogP contribution >= 0.6 is 24.0 Å². The summed E-state index contributed by atoms with van der Waals surface area (Å²) in [6.45, 7) is 4.51. The van der Waals surface area contributed by atoms with E-state index in [4.69, 9.17) is 16.3 Å². The number of methoxy groups -OCH3 is 1. The molecule has 1 fully saturated rings. The van der Waals surface area contributed by atoms with Gasteiger partial charge in [0.2, 0.25) is 0 Å². The Labute approximate surface area is 223 Å². The van der Waals surface area contributed by atoms with Crippen LogP contribution < -0.4 is 9.64 Å². The fraction of sp³-hybridized carbons (Fsp3) is 0.310. The van der Waals surface area contributed by atoms with Gasteiger partial charge in [-0.2, -0.15) is 0 Å². The Balaban J connectivity index is 0.00000304. The molecule has 0 amide bonds. The number of ether oxygens (including phenoxy) is 1. The van der Waals surface area contributed by atoms with E-state index in [2.05, 4.69) is 15.9 Å². The maximum Gasteiger partial charge on any atom is 0.181 e. The summed E-state index contributed by atoms with van der Waals surface area (Å²) in [6, 6.07) is 22.5. The summed E-state index contributed by atoms with van der Waals surface area (Å²) in [6.07, 6.45) is 1.23. The second kappa shape index (κ2) is 11.0. The molecule has 1 aliphatic carbocycles. The van der Waals surface area contributed by atoms with Crippen molar-refractivity contribution in [1.82, 2.24) is 4.90 Å². The number of ketones is 2. The second-order valence-corrected chi connectivity index (χ2v) is 9.66. The van der Waals surface area contributed by atoms with Crippen molar-refractivity contribution in [3.8, 4) is 5.75 Å². The first-order valence-electron chi connectivity index (χ1n) is 12.1. The third-order valence-electron chi connectivity index (χ3n) is 7.35. The molecular weight excluding hydrogens is 495 g/mol. The number of para-hydroxylation sites is 2. The molecule has 1 heterocycles. The van der Waals surface area contributed by atoms with E-state index in [0.29, 0.717) is 22.6 Å². The normalized spacial score (nSPS) is 17.0. The van der Waals surface area contributed by atoms with Gasteiger partial charge < -0.3 is 9.64 Å². The Morgan fingerprint density at radius 1 is 0.833 bits per heavy atom. The predicted octanol–water partition coefficient (Wildman–Crippen LogP) is 5.69. The SMILES string of the molecule is COc1ccccc1N1CCN(CCCC2(c3ccc(Cl)cc3)C(=O)c3ccccc3C2=O)CC1.Cl. The molecule has 2 aliphatic rings. The summed E-state index contributed by atoms with van der Waals surface area (Å²) in [5.74, 6) is 0.700. The van der Waals surface area contributed by atoms with Gasteiger partial charge in [0.05, 0.1) is 12.8 Å². The van der Waals surface area contributed by atoms with Gasteiger partial charge in [-0.15, -0.1) is 12.4 Å². The second-order valence-electron chi connectivity index (χ2n) is 9.22. The Morgan fingerprint density at radius 3 is 2.03 bits per heavy atom. The maximum atomic E-state index is 13.7. The molecule has 0 atom stereocenters. The highest BCUT2D eigenvalue weighted by atomic mass is 35.5. The van der Waals surface area contributed by atoms with E-state index in [-0.39, 0.29) is 24.0 Å². The van der Waals surface area contributed by atoms with Crippen molar-refractivity contribution in [2.24, 2.45) is 0 Å². The van der Waals surface area contributed by atoms with Crippen molar-refractivity contribution < 1.29 is 14.3 Å². The average Bonchev–Trinajstić information content (AvgIpc) is 3.12. The maximum absolute atomic E-state index is 13.7. The lowest BCUT2D eigenvalue weighted by Crippen LogP contribution is -2.47. The Kier molecular flexibility index (Phi) is 8.04. The van der Waals surface area contributed by atoms with Gasteiger partial charge in [-0.25, -0.2) is 0 Å². The van der Waals surface area contributed by atoms with Crippen molar-refractivity contribution in [3.05, 3.63) is 94.5 Å². The molecule has 0 aromatic heterocycles. The number of rotatable bonds is 7. The van der Waals surface area contributed by atoms with Crippen molar-refractivity contribution in [2.45, 2.75) is 18.3 Å². The summed E-state index contributed by atoms with van der Waals surface area (Å²) < 4.78 is 5.53. The minimum absolute atomic E-state index is 0. The lowest BCUT2D eigenvalue weighted by atomic mass is 9.72. The largest absolute Gasteiger partial charge is 0.495 e. The quantitative estimate of drug-likeness (QED) is 0.371. The molecule has 1 saturated heterocycles. The molecule has 3 aromatic carbocycles. The molecule has 36 heavy (non-hydrogen) atoms. The average molecular weight is 525 g/mol. The van der Waals surface area contributed by atoms with E-state index in [1.54, 1.807) is 31.4 Å². The van der Waals surface area contributed by atoms with Crippen LogP contribution in [0.15, 0.2) is 72.8 Å². The highest BCUT2D eigenvalue weighted by Crippen LogP contribution is 2.43. The van der Waals surface area contributed by atoms with E-state index >= 15 is 0 Å². The Hall–Kier alpha value is -2.86. The van der Waals surface area contributed by atoms with Crippen molar-refractivity contribution in [3.63, 3.8) is 0 Å². The Bertz CT molecular complexity index is 1200. The standard InChI is InChI=1S/C29H29ClN2O3.ClH/c1-35-26-10-5-4-9-25(26)32-19-17-31(18-20-32)16-6-15-29(21-11-13-22(30)14-12-21)27(33)23-7-2-3-8-24(23)28(29)34;/h2-5,7-14H,6,15-20H2,1H3;1H. The molecule has 3 aromatic rings. The summed E-state index contributed by atoms with van der Waals surface area (Å²) in [5, 5.41) is 0.590. The molecular formula is C29H30Cl2N2O3. The number of halogens is 2. The van der Waals surface area contributed by atoms with Gasteiger partial charge in [-0.1, -0.05) is 60.1 Å². The van der Waals surface area contributed by atoms with Crippen LogP contribution in [0.2, 0.25) is 5.02 Å². The summed E-state index contributed by atoms with van der Waals surface area (Å²) in [4.78, 5) is 32.1. The molecule has 0 bridgehead atoms. The molecule has 5 rings (SSSR count). The number of hydrogen-bond donors (Lipinski definition) is 0. The predicted molar refractivity (Wildman–Crippen MR) is 146 cm³/mol. The number of carbonyl (C=O) groups excluding carboxylic acids is 2. The van der Waals surface area contributed by atoms with Crippen LogP contribution in [0.25, 0.3) is 0 Å². The van der Waals surface area contributed by atoms with Gasteiger partial charge in [0.15, 0.2) is 11.6 Å². The van der Waals surface area contributed by atoms with Crippen molar-refractivity contribution in [2.75, 3.05) is 44.7 Å². The third-order valence-corrected chi connectivity index (χ3v) is 7.60. The van der Waals surface area contributed by atoms with Crippen LogP contribution in [-0.4, -0.2) is 56.3 Å². The fourth-order valence-electron chi connectivity index (χ4n) is 5.48. The van der Waals surface area contributed by atoms with E-state index in [1.165, 1.54) is 0 Å². The number of benzene rings is 3. The summed E-state index contributed by atoms with van der Waals surface area (Å²) in [5.41, 5.74) is 1.73. The molecule has 0 unspecified atom stereocenters. The number of fused-ring (bicyclic) bond motifs is 1.